The van der Waals surface area contributed by atoms with Gasteiger partial charge in [0.05, 0.1) is 17.0 Å². The summed E-state index contributed by atoms with van der Waals surface area (Å²) in [5.41, 5.74) is 2.75. The maximum atomic E-state index is 6.15. The molecule has 1 unspecified atom stereocenters. The fraction of sp³-hybridized carbons (Fsp3) is 0.429. The van der Waals surface area contributed by atoms with Crippen LogP contribution in [0.1, 0.15) is 24.8 Å². The fourth-order valence-corrected chi connectivity index (χ4v) is 3.10. The molecule has 0 N–H and O–H groups in total. The molecule has 1 aliphatic rings. The number of alkyl halides is 1. The third-order valence-electron chi connectivity index (χ3n) is 3.04. The van der Waals surface area contributed by atoms with E-state index in [1.54, 1.807) is 7.11 Å². The molecule has 0 saturated heterocycles. The first kappa shape index (κ1) is 13.0. The van der Waals surface area contributed by atoms with Gasteiger partial charge >= 0.3 is 0 Å². The Morgan fingerprint density at radius 1 is 1.47 bits per heavy atom. The average molecular weight is 316 g/mol. The Kier molecular flexibility index (Phi) is 4.52. The summed E-state index contributed by atoms with van der Waals surface area (Å²) < 4.78 is 6.23. The molecule has 1 nitrogen and oxygen atoms in total. The number of halogens is 2. The first-order valence-corrected chi connectivity index (χ1v) is 7.08. The summed E-state index contributed by atoms with van der Waals surface area (Å²) in [5.74, 6) is 0.876. The zero-order chi connectivity index (χ0) is 12.3. The van der Waals surface area contributed by atoms with Crippen molar-refractivity contribution in [3.8, 4) is 5.75 Å². The van der Waals surface area contributed by atoms with E-state index in [1.807, 2.05) is 6.07 Å². The summed E-state index contributed by atoms with van der Waals surface area (Å²) in [7, 11) is 1.68. The van der Waals surface area contributed by atoms with Crippen LogP contribution in [0.4, 0.5) is 0 Å². The van der Waals surface area contributed by atoms with E-state index in [0.717, 1.165) is 23.1 Å². The molecule has 0 heterocycles. The van der Waals surface area contributed by atoms with Gasteiger partial charge in [0.25, 0.3) is 0 Å². The largest absolute Gasteiger partial charge is 0.496 e. The van der Waals surface area contributed by atoms with Crippen molar-refractivity contribution in [1.29, 1.82) is 0 Å². The van der Waals surface area contributed by atoms with Gasteiger partial charge in [-0.25, -0.2) is 0 Å². The highest BCUT2D eigenvalue weighted by molar-refractivity contribution is 9.10. The van der Waals surface area contributed by atoms with Crippen LogP contribution in [-0.4, -0.2) is 12.5 Å². The smallest absolute Gasteiger partial charge is 0.133 e. The lowest BCUT2D eigenvalue weighted by molar-refractivity contribution is 0.412. The third-order valence-corrected chi connectivity index (χ3v) is 4.01. The van der Waals surface area contributed by atoms with Crippen LogP contribution in [0.15, 0.2) is 34.3 Å². The Balaban J connectivity index is 2.11. The molecule has 3 heteroatoms. The van der Waals surface area contributed by atoms with Gasteiger partial charge in [0, 0.05) is 0 Å². The molecule has 0 spiro atoms. The summed E-state index contributed by atoms with van der Waals surface area (Å²) in [5, 5.41) is 0.223. The molecule has 2 rings (SSSR count). The van der Waals surface area contributed by atoms with E-state index >= 15 is 0 Å². The highest BCUT2D eigenvalue weighted by Crippen LogP contribution is 2.29. The van der Waals surface area contributed by atoms with Crippen molar-refractivity contribution in [3.05, 3.63) is 39.9 Å². The van der Waals surface area contributed by atoms with Gasteiger partial charge in [-0.05, 0) is 59.3 Å². The first-order chi connectivity index (χ1) is 8.19. The normalized spacial score (nSPS) is 19.9. The van der Waals surface area contributed by atoms with Crippen molar-refractivity contribution in [3.63, 3.8) is 0 Å². The van der Waals surface area contributed by atoms with E-state index in [1.165, 1.54) is 24.0 Å². The minimum Gasteiger partial charge on any atom is -0.496 e. The van der Waals surface area contributed by atoms with Gasteiger partial charge in [-0.1, -0.05) is 17.7 Å². The molecule has 0 aromatic heterocycles. The van der Waals surface area contributed by atoms with E-state index in [0.29, 0.717) is 0 Å². The molecule has 1 atom stereocenters. The van der Waals surface area contributed by atoms with Crippen LogP contribution in [0.3, 0.4) is 0 Å². The minimum atomic E-state index is 0.223. The maximum Gasteiger partial charge on any atom is 0.133 e. The number of allylic oxidation sites excluding steroid dienone is 2. The molecule has 1 aliphatic carbocycles. The summed E-state index contributed by atoms with van der Waals surface area (Å²) in [6.45, 7) is 0. The number of ether oxygens (including phenoxy) is 1. The highest BCUT2D eigenvalue weighted by Gasteiger charge is 2.11. The molecule has 0 saturated carbocycles. The van der Waals surface area contributed by atoms with Gasteiger partial charge in [-0.15, -0.1) is 11.6 Å². The predicted octanol–water partition coefficient (Wildman–Crippen LogP) is 4.72. The second-order valence-corrected chi connectivity index (χ2v) is 5.79. The van der Waals surface area contributed by atoms with Gasteiger partial charge in [0.15, 0.2) is 0 Å². The lowest BCUT2D eigenvalue weighted by Crippen LogP contribution is -2.05. The van der Waals surface area contributed by atoms with Crippen molar-refractivity contribution < 1.29 is 4.74 Å². The summed E-state index contributed by atoms with van der Waals surface area (Å²) in [4.78, 5) is 0. The lowest BCUT2D eigenvalue weighted by atomic mass is 9.94. The zero-order valence-electron chi connectivity index (χ0n) is 9.88. The third kappa shape index (κ3) is 3.49. The molecule has 0 amide bonds. The van der Waals surface area contributed by atoms with Crippen molar-refractivity contribution in [2.24, 2.45) is 0 Å². The first-order valence-electron chi connectivity index (χ1n) is 5.85. The number of hydrogen-bond acceptors (Lipinski definition) is 1. The number of rotatable bonds is 3. The number of benzene rings is 1. The Bertz CT molecular complexity index is 428. The number of hydrogen-bond donors (Lipinski definition) is 0. The Morgan fingerprint density at radius 3 is 2.94 bits per heavy atom. The minimum absolute atomic E-state index is 0.223. The van der Waals surface area contributed by atoms with Gasteiger partial charge in [-0.3, -0.25) is 0 Å². The van der Waals surface area contributed by atoms with Crippen LogP contribution in [0.2, 0.25) is 0 Å². The van der Waals surface area contributed by atoms with Crippen molar-refractivity contribution >= 4 is 27.5 Å². The SMILES string of the molecule is COc1ccc(CC2=CC(Cl)CCC2)cc1Br. The molecule has 0 fully saturated rings. The second kappa shape index (κ2) is 5.92. The molecular weight excluding hydrogens is 300 g/mol. The van der Waals surface area contributed by atoms with Crippen molar-refractivity contribution in [2.75, 3.05) is 7.11 Å². The fourth-order valence-electron chi connectivity index (χ4n) is 2.18. The van der Waals surface area contributed by atoms with Gasteiger partial charge in [-0.2, -0.15) is 0 Å². The molecule has 0 radical (unpaired) electrons. The van der Waals surface area contributed by atoms with Crippen LogP contribution in [-0.2, 0) is 6.42 Å². The Labute approximate surface area is 116 Å². The Morgan fingerprint density at radius 2 is 2.29 bits per heavy atom. The molecule has 0 bridgehead atoms. The molecule has 17 heavy (non-hydrogen) atoms. The van der Waals surface area contributed by atoms with Crippen LogP contribution in [0.5, 0.6) is 5.75 Å². The van der Waals surface area contributed by atoms with Crippen LogP contribution in [0, 0.1) is 0 Å². The van der Waals surface area contributed by atoms with E-state index in [2.05, 4.69) is 34.1 Å². The van der Waals surface area contributed by atoms with Crippen molar-refractivity contribution in [1.82, 2.24) is 0 Å². The van der Waals surface area contributed by atoms with E-state index in [4.69, 9.17) is 16.3 Å². The zero-order valence-corrected chi connectivity index (χ0v) is 12.2. The van der Waals surface area contributed by atoms with Crippen LogP contribution in [0.25, 0.3) is 0 Å². The van der Waals surface area contributed by atoms with Crippen LogP contribution >= 0.6 is 27.5 Å². The Hall–Kier alpha value is -0.470. The molecular formula is C14H16BrClO. The molecule has 1 aromatic rings. The maximum absolute atomic E-state index is 6.15. The quantitative estimate of drug-likeness (QED) is 0.579. The van der Waals surface area contributed by atoms with Crippen LogP contribution < -0.4 is 4.74 Å². The van der Waals surface area contributed by atoms with Gasteiger partial charge < -0.3 is 4.74 Å². The average Bonchev–Trinajstić information content (AvgIpc) is 2.29. The number of methoxy groups -OCH3 is 1. The lowest BCUT2D eigenvalue weighted by Gasteiger charge is -2.16. The summed E-state index contributed by atoms with van der Waals surface area (Å²) in [6.07, 6.45) is 6.69. The van der Waals surface area contributed by atoms with E-state index in [9.17, 15) is 0 Å². The standard InChI is InChI=1S/C14H16BrClO/c1-17-14-6-5-11(9-13(14)15)7-10-3-2-4-12(16)8-10/h5-6,8-9,12H,2-4,7H2,1H3. The van der Waals surface area contributed by atoms with E-state index in [-0.39, 0.29) is 5.38 Å². The summed E-state index contributed by atoms with van der Waals surface area (Å²) >= 11 is 9.66. The second-order valence-electron chi connectivity index (χ2n) is 4.38. The van der Waals surface area contributed by atoms with Crippen molar-refractivity contribution in [2.45, 2.75) is 31.1 Å². The summed E-state index contributed by atoms with van der Waals surface area (Å²) in [6, 6.07) is 6.24. The van der Waals surface area contributed by atoms with Gasteiger partial charge in [0.2, 0.25) is 0 Å². The highest BCUT2D eigenvalue weighted by atomic mass is 79.9. The monoisotopic (exact) mass is 314 g/mol. The predicted molar refractivity (Wildman–Crippen MR) is 76.0 cm³/mol. The van der Waals surface area contributed by atoms with E-state index < -0.39 is 0 Å². The topological polar surface area (TPSA) is 9.23 Å². The van der Waals surface area contributed by atoms with Gasteiger partial charge in [0.1, 0.15) is 5.75 Å². The molecule has 92 valence electrons. The molecule has 0 aliphatic heterocycles. The molecule has 1 aromatic carbocycles.